The maximum absolute atomic E-state index is 12.5. The van der Waals surface area contributed by atoms with Crippen LogP contribution < -0.4 is 4.74 Å². The third-order valence-electron chi connectivity index (χ3n) is 3.35. The number of hydrogen-bond acceptors (Lipinski definition) is 8. The molecule has 1 aliphatic rings. The summed E-state index contributed by atoms with van der Waals surface area (Å²) < 4.78 is 38.2. The second-order valence-corrected chi connectivity index (χ2v) is 9.00. The van der Waals surface area contributed by atoms with Gasteiger partial charge in [0.25, 0.3) is 0 Å². The van der Waals surface area contributed by atoms with Crippen molar-refractivity contribution in [3.63, 3.8) is 0 Å². The zero-order chi connectivity index (χ0) is 16.8. The van der Waals surface area contributed by atoms with Crippen LogP contribution in [0.3, 0.4) is 0 Å². The molecular formula is C14H17N3O4S3. The molecule has 2 heterocycles. The summed E-state index contributed by atoms with van der Waals surface area (Å²) in [6, 6.07) is 6.53. The molecule has 10 heteroatoms. The minimum atomic E-state index is -3.45. The number of nitrogens with zero attached hydrogens (tertiary/aromatic N) is 3. The fourth-order valence-electron chi connectivity index (χ4n) is 2.16. The monoisotopic (exact) mass is 387 g/mol. The second-order valence-electron chi connectivity index (χ2n) is 4.89. The van der Waals surface area contributed by atoms with Gasteiger partial charge in [-0.15, -0.1) is 10.2 Å². The van der Waals surface area contributed by atoms with Crippen molar-refractivity contribution in [2.45, 2.75) is 9.24 Å². The van der Waals surface area contributed by atoms with Gasteiger partial charge in [0.15, 0.2) is 4.34 Å². The molecule has 0 radical (unpaired) electrons. The number of ether oxygens (including phenoxy) is 2. The van der Waals surface area contributed by atoms with E-state index in [-0.39, 0.29) is 4.90 Å². The van der Waals surface area contributed by atoms with E-state index < -0.39 is 10.0 Å². The van der Waals surface area contributed by atoms with Crippen molar-refractivity contribution >= 4 is 33.1 Å². The van der Waals surface area contributed by atoms with Crippen LogP contribution in [0, 0.1) is 0 Å². The predicted molar refractivity (Wildman–Crippen MR) is 92.1 cm³/mol. The molecule has 130 valence electrons. The highest BCUT2D eigenvalue weighted by molar-refractivity contribution is 8.01. The number of hydrogen-bond donors (Lipinski definition) is 0. The Kier molecular flexibility index (Phi) is 6.06. The molecule has 1 aliphatic heterocycles. The molecule has 0 amide bonds. The molecule has 1 fully saturated rings. The number of thioether (sulfide) groups is 1. The third-order valence-corrected chi connectivity index (χ3v) is 7.09. The molecule has 0 unspecified atom stereocenters. The second kappa shape index (κ2) is 8.26. The topological polar surface area (TPSA) is 81.6 Å². The van der Waals surface area contributed by atoms with Gasteiger partial charge in [-0.1, -0.05) is 23.1 Å². The van der Waals surface area contributed by atoms with E-state index in [1.807, 2.05) is 0 Å². The highest BCUT2D eigenvalue weighted by atomic mass is 32.2. The van der Waals surface area contributed by atoms with Crippen LogP contribution in [-0.4, -0.2) is 61.6 Å². The molecule has 0 atom stereocenters. The Morgan fingerprint density at radius 1 is 1.25 bits per heavy atom. The maximum atomic E-state index is 12.5. The fraction of sp³-hybridized carbons (Fsp3) is 0.429. The molecule has 7 nitrogen and oxygen atoms in total. The van der Waals surface area contributed by atoms with Gasteiger partial charge in [0.05, 0.1) is 24.7 Å². The summed E-state index contributed by atoms with van der Waals surface area (Å²) >= 11 is 3.07. The molecule has 24 heavy (non-hydrogen) atoms. The molecular weight excluding hydrogens is 370 g/mol. The summed E-state index contributed by atoms with van der Waals surface area (Å²) in [4.78, 5) is 0.278. The van der Waals surface area contributed by atoms with E-state index in [2.05, 4.69) is 10.2 Å². The van der Waals surface area contributed by atoms with Crippen LogP contribution in [0.1, 0.15) is 0 Å². The first kappa shape index (κ1) is 17.6. The molecule has 1 aromatic carbocycles. The van der Waals surface area contributed by atoms with Crippen molar-refractivity contribution < 1.29 is 17.9 Å². The van der Waals surface area contributed by atoms with Crippen LogP contribution in [0.5, 0.6) is 5.75 Å². The Labute approximate surface area is 149 Å². The van der Waals surface area contributed by atoms with Crippen LogP contribution in [0.15, 0.2) is 39.0 Å². The fourth-order valence-corrected chi connectivity index (χ4v) is 4.94. The molecule has 0 spiro atoms. The summed E-state index contributed by atoms with van der Waals surface area (Å²) in [6.45, 7) is 2.17. The summed E-state index contributed by atoms with van der Waals surface area (Å²) in [7, 11) is -3.45. The summed E-state index contributed by atoms with van der Waals surface area (Å²) in [5, 5.41) is 7.71. The van der Waals surface area contributed by atoms with Crippen LogP contribution in [0.25, 0.3) is 0 Å². The van der Waals surface area contributed by atoms with Gasteiger partial charge < -0.3 is 9.47 Å². The van der Waals surface area contributed by atoms with E-state index in [4.69, 9.17) is 9.47 Å². The molecule has 3 rings (SSSR count). The Bertz CT molecular complexity index is 729. The van der Waals surface area contributed by atoms with Gasteiger partial charge in [-0.25, -0.2) is 8.42 Å². The zero-order valence-corrected chi connectivity index (χ0v) is 15.3. The Morgan fingerprint density at radius 3 is 2.67 bits per heavy atom. The number of rotatable bonds is 7. The molecule has 0 aliphatic carbocycles. The van der Waals surface area contributed by atoms with Crippen molar-refractivity contribution in [3.8, 4) is 5.75 Å². The Hall–Kier alpha value is -1.20. The van der Waals surface area contributed by atoms with Gasteiger partial charge in [0.1, 0.15) is 11.3 Å². The Morgan fingerprint density at radius 2 is 2.00 bits per heavy atom. The van der Waals surface area contributed by atoms with Crippen molar-refractivity contribution in [2.24, 2.45) is 0 Å². The molecule has 1 saturated heterocycles. The molecule has 1 aromatic heterocycles. The average Bonchev–Trinajstić information content (AvgIpc) is 3.13. The minimum Gasteiger partial charge on any atom is -0.493 e. The lowest BCUT2D eigenvalue weighted by Crippen LogP contribution is -2.40. The molecule has 0 bridgehead atoms. The summed E-state index contributed by atoms with van der Waals surface area (Å²) in [6.07, 6.45) is 0. The number of sulfonamides is 1. The van der Waals surface area contributed by atoms with Crippen LogP contribution in [0.4, 0.5) is 0 Å². The van der Waals surface area contributed by atoms with Crippen molar-refractivity contribution in [1.29, 1.82) is 0 Å². The van der Waals surface area contributed by atoms with E-state index >= 15 is 0 Å². The van der Waals surface area contributed by atoms with Gasteiger partial charge in [0.2, 0.25) is 10.0 Å². The third kappa shape index (κ3) is 4.45. The van der Waals surface area contributed by atoms with Crippen molar-refractivity contribution in [1.82, 2.24) is 14.5 Å². The normalized spacial score (nSPS) is 16.2. The largest absolute Gasteiger partial charge is 0.493 e. The molecule has 0 saturated carbocycles. The predicted octanol–water partition coefficient (Wildman–Crippen LogP) is 1.73. The smallest absolute Gasteiger partial charge is 0.243 e. The number of aromatic nitrogens is 2. The SMILES string of the molecule is O=S(=O)(c1ccc(OCCSc2nncs2)cc1)N1CCOCC1. The van der Waals surface area contributed by atoms with Gasteiger partial charge in [-0.05, 0) is 24.3 Å². The lowest BCUT2D eigenvalue weighted by Gasteiger charge is -2.26. The standard InChI is InChI=1S/C14H17N3O4S3/c18-24(19,17-5-7-20-8-6-17)13-3-1-12(2-4-13)21-9-10-22-14-16-15-11-23-14/h1-4,11H,5-10H2. The minimum absolute atomic E-state index is 0.278. The number of benzene rings is 1. The Balaban J connectivity index is 1.52. The lowest BCUT2D eigenvalue weighted by molar-refractivity contribution is 0.0730. The van der Waals surface area contributed by atoms with Crippen LogP contribution in [0.2, 0.25) is 0 Å². The van der Waals surface area contributed by atoms with E-state index in [1.165, 1.54) is 15.6 Å². The first-order valence-electron chi connectivity index (χ1n) is 7.36. The van der Waals surface area contributed by atoms with E-state index in [0.717, 1.165) is 10.1 Å². The summed E-state index contributed by atoms with van der Waals surface area (Å²) in [5.41, 5.74) is 1.69. The van der Waals surface area contributed by atoms with E-state index in [0.29, 0.717) is 38.7 Å². The summed E-state index contributed by atoms with van der Waals surface area (Å²) in [5.74, 6) is 1.40. The van der Waals surface area contributed by atoms with E-state index in [1.54, 1.807) is 41.5 Å². The van der Waals surface area contributed by atoms with Crippen molar-refractivity contribution in [2.75, 3.05) is 38.7 Å². The van der Waals surface area contributed by atoms with Gasteiger partial charge in [-0.2, -0.15) is 4.31 Å². The first-order valence-corrected chi connectivity index (χ1v) is 10.7. The van der Waals surface area contributed by atoms with Crippen molar-refractivity contribution in [3.05, 3.63) is 29.8 Å². The maximum Gasteiger partial charge on any atom is 0.243 e. The molecule has 0 N–H and O–H groups in total. The zero-order valence-electron chi connectivity index (χ0n) is 12.8. The van der Waals surface area contributed by atoms with Gasteiger partial charge >= 0.3 is 0 Å². The van der Waals surface area contributed by atoms with Gasteiger partial charge in [-0.3, -0.25) is 0 Å². The van der Waals surface area contributed by atoms with E-state index in [9.17, 15) is 8.42 Å². The van der Waals surface area contributed by atoms with Gasteiger partial charge in [0, 0.05) is 18.8 Å². The quantitative estimate of drug-likeness (QED) is 0.528. The highest BCUT2D eigenvalue weighted by Gasteiger charge is 2.26. The first-order chi connectivity index (χ1) is 11.7. The van der Waals surface area contributed by atoms with Crippen LogP contribution in [-0.2, 0) is 14.8 Å². The number of morpholine rings is 1. The average molecular weight is 388 g/mol. The van der Waals surface area contributed by atoms with Crippen LogP contribution >= 0.6 is 23.1 Å². The highest BCUT2D eigenvalue weighted by Crippen LogP contribution is 2.22. The lowest BCUT2D eigenvalue weighted by atomic mass is 10.3. The molecule has 2 aromatic rings.